The van der Waals surface area contributed by atoms with Crippen LogP contribution in [-0.4, -0.2) is 22.9 Å². The first-order valence-electron chi connectivity index (χ1n) is 11.3. The molecule has 0 amide bonds. The van der Waals surface area contributed by atoms with Gasteiger partial charge in [-0.25, -0.2) is 4.98 Å². The van der Waals surface area contributed by atoms with E-state index in [9.17, 15) is 18.0 Å². The summed E-state index contributed by atoms with van der Waals surface area (Å²) in [4.78, 5) is 17.7. The number of hydrogen-bond donors (Lipinski definition) is 2. The molecule has 0 fully saturated rings. The maximum absolute atomic E-state index is 11.6. The average Bonchev–Trinajstić information content (AvgIpc) is 2.91. The van der Waals surface area contributed by atoms with E-state index in [1.165, 1.54) is 18.5 Å². The van der Waals surface area contributed by atoms with Crippen molar-refractivity contribution in [2.75, 3.05) is 6.54 Å². The van der Waals surface area contributed by atoms with Gasteiger partial charge in [0.05, 0.1) is 12.4 Å². The number of ether oxygens (including phenoxy) is 1. The third kappa shape index (κ3) is 10.4. The first kappa shape index (κ1) is 31.2. The van der Waals surface area contributed by atoms with Crippen molar-refractivity contribution in [1.82, 2.24) is 9.97 Å². The number of aromatic nitrogens is 2. The van der Waals surface area contributed by atoms with Crippen molar-refractivity contribution in [2.24, 2.45) is 5.73 Å². The van der Waals surface area contributed by atoms with Crippen LogP contribution < -0.4 is 16.0 Å². The van der Waals surface area contributed by atoms with Crippen molar-refractivity contribution in [3.63, 3.8) is 0 Å². The Labute approximate surface area is 243 Å². The third-order valence-electron chi connectivity index (χ3n) is 5.23. The van der Waals surface area contributed by atoms with Crippen LogP contribution in [0.1, 0.15) is 28.4 Å². The van der Waals surface area contributed by atoms with Gasteiger partial charge < -0.3 is 26.5 Å². The van der Waals surface area contributed by atoms with E-state index in [0.717, 1.165) is 47.5 Å². The Balaban J connectivity index is 0.000000199. The summed E-state index contributed by atoms with van der Waals surface area (Å²) >= 11 is 0. The van der Waals surface area contributed by atoms with Crippen molar-refractivity contribution in [1.29, 1.82) is 0 Å². The van der Waals surface area contributed by atoms with E-state index in [2.05, 4.69) is 44.3 Å². The van der Waals surface area contributed by atoms with Gasteiger partial charge in [0.15, 0.2) is 0 Å². The number of nitrogens with zero attached hydrogens (tertiary/aromatic N) is 2. The molecule has 5 rings (SSSR count). The van der Waals surface area contributed by atoms with Crippen molar-refractivity contribution in [3.05, 3.63) is 135 Å². The van der Waals surface area contributed by atoms with Gasteiger partial charge in [-0.1, -0.05) is 72.8 Å². The molecule has 38 heavy (non-hydrogen) atoms. The third-order valence-corrected chi connectivity index (χ3v) is 5.23. The zero-order valence-electron chi connectivity index (χ0n) is 20.4. The van der Waals surface area contributed by atoms with Crippen molar-refractivity contribution in [3.8, 4) is 5.75 Å². The predicted octanol–water partition coefficient (Wildman–Crippen LogP) is 6.20. The second-order valence-corrected chi connectivity index (χ2v) is 7.88. The molecule has 0 spiro atoms. The van der Waals surface area contributed by atoms with E-state index in [4.69, 9.17) is 11.5 Å². The number of aromatic amines is 1. The summed E-state index contributed by atoms with van der Waals surface area (Å²) in [6.07, 6.45) is -2.50. The Morgan fingerprint density at radius 1 is 0.947 bits per heavy atom. The summed E-state index contributed by atoms with van der Waals surface area (Å²) in [5.74, 6) is -0.307. The molecular formula is C27H26F3N5O2Y-2. The largest absolute Gasteiger partial charge is 0.699 e. The van der Waals surface area contributed by atoms with E-state index in [1.807, 2.05) is 36.4 Å². The monoisotopic (exact) mass is 598 g/mol. The van der Waals surface area contributed by atoms with Gasteiger partial charge in [-0.15, -0.1) is 31.9 Å². The van der Waals surface area contributed by atoms with Crippen LogP contribution in [0.4, 0.5) is 18.9 Å². The quantitative estimate of drug-likeness (QED) is 0.292. The van der Waals surface area contributed by atoms with E-state index in [-0.39, 0.29) is 55.7 Å². The standard InChI is InChI=1S/C13H13N.C7H5F3NO.C7H8N3O.Y/c14-13(11-7-3-1-4-8-11)12-9-5-2-6-10-12;8-7(9,10)12-6-3-1-5(11)2-4-6;11-7-5-1-2-8-3-6(5)9-4-10-7;/h1-10,13H,14H2;1-4,11H;4H,1-3H2,(H,9,10,11);/q;2*-1;. The maximum Gasteiger partial charge on any atom is 0.573 e. The zero-order valence-corrected chi connectivity index (χ0v) is 23.2. The fraction of sp³-hybridized carbons (Fsp3) is 0.185. The van der Waals surface area contributed by atoms with Crippen LogP contribution in [0, 0.1) is 0 Å². The number of hydrogen-bond acceptors (Lipinski definition) is 4. The van der Waals surface area contributed by atoms with Crippen LogP contribution in [0.5, 0.6) is 5.75 Å². The molecule has 1 aromatic heterocycles. The van der Waals surface area contributed by atoms with Crippen molar-refractivity contribution in [2.45, 2.75) is 25.4 Å². The predicted molar refractivity (Wildman–Crippen MR) is 137 cm³/mol. The smallest absolute Gasteiger partial charge is 0.573 e. The van der Waals surface area contributed by atoms with Gasteiger partial charge in [0.2, 0.25) is 0 Å². The molecular weight excluding hydrogens is 572 g/mol. The first-order valence-corrected chi connectivity index (χ1v) is 11.3. The Hall–Kier alpha value is -3.05. The second kappa shape index (κ2) is 15.4. The minimum atomic E-state index is -4.66. The van der Waals surface area contributed by atoms with Gasteiger partial charge in [0.1, 0.15) is 5.75 Å². The van der Waals surface area contributed by atoms with E-state index in [1.54, 1.807) is 0 Å². The second-order valence-electron chi connectivity index (χ2n) is 7.88. The van der Waals surface area contributed by atoms with Gasteiger partial charge in [-0.2, -0.15) is 0 Å². The van der Waals surface area contributed by atoms with Gasteiger partial charge in [-0.05, 0) is 29.7 Å². The molecule has 0 saturated heterocycles. The van der Waals surface area contributed by atoms with Crippen molar-refractivity contribution >= 4 is 5.69 Å². The molecule has 4 aromatic rings. The van der Waals surface area contributed by atoms with Crippen LogP contribution in [0.15, 0.2) is 96.1 Å². The number of fused-ring (bicyclic) bond motifs is 1. The van der Waals surface area contributed by atoms with Crippen LogP contribution in [0.25, 0.3) is 11.1 Å². The Morgan fingerprint density at radius 3 is 2.00 bits per heavy atom. The number of rotatable bonds is 3. The van der Waals surface area contributed by atoms with Gasteiger partial charge in [0, 0.05) is 44.0 Å². The molecule has 0 bridgehead atoms. The number of H-pyrrole nitrogens is 1. The molecule has 0 unspecified atom stereocenters. The summed E-state index contributed by atoms with van der Waals surface area (Å²) in [5.41, 5.74) is 17.2. The first-order chi connectivity index (χ1) is 17.7. The molecule has 1 radical (unpaired) electrons. The van der Waals surface area contributed by atoms with Gasteiger partial charge >= 0.3 is 6.36 Å². The summed E-state index contributed by atoms with van der Waals surface area (Å²) in [7, 11) is 0. The van der Waals surface area contributed by atoms with Gasteiger partial charge in [-0.3, -0.25) is 4.79 Å². The van der Waals surface area contributed by atoms with Crippen LogP contribution in [0.2, 0.25) is 0 Å². The molecule has 0 atom stereocenters. The number of nitrogens with one attached hydrogen (secondary N) is 2. The Morgan fingerprint density at radius 2 is 1.50 bits per heavy atom. The van der Waals surface area contributed by atoms with Crippen LogP contribution in [0.3, 0.4) is 0 Å². The molecule has 1 aliphatic rings. The molecule has 197 valence electrons. The molecule has 1 aliphatic heterocycles. The molecule has 3 aromatic carbocycles. The fourth-order valence-corrected chi connectivity index (χ4v) is 3.40. The maximum atomic E-state index is 11.6. The van der Waals surface area contributed by atoms with E-state index >= 15 is 0 Å². The number of halogens is 3. The Bertz CT molecular complexity index is 1250. The number of nitrogens with two attached hydrogens (primary N) is 1. The van der Waals surface area contributed by atoms with E-state index < -0.39 is 6.36 Å². The molecule has 0 saturated carbocycles. The van der Waals surface area contributed by atoms with Crippen LogP contribution in [-0.2, 0) is 45.7 Å². The molecule has 7 nitrogen and oxygen atoms in total. The minimum Gasteiger partial charge on any atom is -0.699 e. The number of benzene rings is 3. The number of alkyl halides is 3. The van der Waals surface area contributed by atoms with Crippen LogP contribution >= 0.6 is 0 Å². The van der Waals surface area contributed by atoms with E-state index in [0.29, 0.717) is 6.54 Å². The average molecular weight is 598 g/mol. The molecule has 2 heterocycles. The summed E-state index contributed by atoms with van der Waals surface area (Å²) < 4.78 is 38.3. The summed E-state index contributed by atoms with van der Waals surface area (Å²) in [5, 5.41) is 4.14. The normalized spacial score (nSPS) is 12.0. The molecule has 11 heteroatoms. The van der Waals surface area contributed by atoms with Gasteiger partial charge in [0.25, 0.3) is 5.56 Å². The molecule has 0 aliphatic carbocycles. The minimum absolute atomic E-state index is 0. The zero-order chi connectivity index (χ0) is 26.7. The topological polar surface area (TPSA) is 119 Å². The Kier molecular flexibility index (Phi) is 12.6. The molecule has 4 N–H and O–H groups in total. The fourth-order valence-electron chi connectivity index (χ4n) is 3.40. The van der Waals surface area contributed by atoms with Crippen molar-refractivity contribution < 1.29 is 50.6 Å². The summed E-state index contributed by atoms with van der Waals surface area (Å²) in [6.45, 7) is 1.35. The summed E-state index contributed by atoms with van der Waals surface area (Å²) in [6, 6.07) is 24.9. The SMILES string of the molecule is NC(c1ccccc1)c1ccccc1.O=c1[nH]cnc2c1CC[N-]C2.[NH-]c1ccc(OC(F)(F)F)cc1.[Y].